The number of hydrogen-bond acceptors (Lipinski definition) is 2. The van der Waals surface area contributed by atoms with Gasteiger partial charge in [-0.05, 0) is 61.7 Å². The lowest BCUT2D eigenvalue weighted by Crippen LogP contribution is -2.59. The highest BCUT2D eigenvalue weighted by Gasteiger charge is 2.48. The Hall–Kier alpha value is -1.26. The van der Waals surface area contributed by atoms with E-state index in [-0.39, 0.29) is 18.0 Å². The SMILES string of the molecule is CC[C@H](C)[C@H](NC(=O)NC1C2CC3CC(C2)CC1C3)C(=O)O. The Morgan fingerprint density at radius 2 is 1.64 bits per heavy atom. The first-order valence-corrected chi connectivity index (χ1v) is 8.77. The van der Waals surface area contributed by atoms with Crippen molar-refractivity contribution in [2.24, 2.45) is 29.6 Å². The van der Waals surface area contributed by atoms with Gasteiger partial charge in [-0.1, -0.05) is 20.3 Å². The topological polar surface area (TPSA) is 78.4 Å². The minimum atomic E-state index is -0.949. The molecule has 4 rings (SSSR count). The highest BCUT2D eigenvalue weighted by Crippen LogP contribution is 2.53. The molecule has 3 N–H and O–H groups in total. The number of carbonyl (C=O) groups excluding carboxylic acids is 1. The molecule has 4 fully saturated rings. The molecule has 0 spiro atoms. The van der Waals surface area contributed by atoms with Crippen molar-refractivity contribution in [3.63, 3.8) is 0 Å². The van der Waals surface area contributed by atoms with Crippen LogP contribution in [0, 0.1) is 29.6 Å². The van der Waals surface area contributed by atoms with E-state index in [1.807, 2.05) is 13.8 Å². The third-order valence-electron chi connectivity index (χ3n) is 6.29. The zero-order chi connectivity index (χ0) is 15.9. The lowest BCUT2D eigenvalue weighted by molar-refractivity contribution is -0.140. The van der Waals surface area contributed by atoms with Gasteiger partial charge in [-0.25, -0.2) is 9.59 Å². The lowest BCUT2D eigenvalue weighted by Gasteiger charge is -2.54. The molecule has 0 aromatic carbocycles. The fourth-order valence-electron chi connectivity index (χ4n) is 5.18. The van der Waals surface area contributed by atoms with Crippen molar-refractivity contribution in [1.82, 2.24) is 10.6 Å². The largest absolute Gasteiger partial charge is 0.480 e. The number of amides is 2. The standard InChI is InChI=1S/C17H28N2O3/c1-3-9(2)14(16(20)21)18-17(22)19-15-12-5-10-4-11(7-12)8-13(15)6-10/h9-15H,3-8H2,1-2H3,(H,20,21)(H2,18,19,22)/t9-,10?,11?,12?,13?,14-,15?/m0/s1. The molecule has 0 unspecified atom stereocenters. The summed E-state index contributed by atoms with van der Waals surface area (Å²) in [5, 5.41) is 15.1. The van der Waals surface area contributed by atoms with E-state index in [2.05, 4.69) is 10.6 Å². The second-order valence-electron chi connectivity index (χ2n) is 7.78. The first-order valence-electron chi connectivity index (χ1n) is 8.77. The zero-order valence-electron chi connectivity index (χ0n) is 13.5. The van der Waals surface area contributed by atoms with E-state index in [0.717, 1.165) is 18.3 Å². The molecule has 124 valence electrons. The number of urea groups is 1. The Morgan fingerprint density at radius 3 is 2.09 bits per heavy atom. The van der Waals surface area contributed by atoms with Gasteiger partial charge in [0, 0.05) is 6.04 Å². The molecule has 4 aliphatic carbocycles. The fourth-order valence-corrected chi connectivity index (χ4v) is 5.18. The van der Waals surface area contributed by atoms with Gasteiger partial charge < -0.3 is 15.7 Å². The van der Waals surface area contributed by atoms with Crippen LogP contribution in [0.3, 0.4) is 0 Å². The van der Waals surface area contributed by atoms with Crippen molar-refractivity contribution in [2.45, 2.75) is 64.5 Å². The highest BCUT2D eigenvalue weighted by atomic mass is 16.4. The summed E-state index contributed by atoms with van der Waals surface area (Å²) in [5.41, 5.74) is 0. The summed E-state index contributed by atoms with van der Waals surface area (Å²) in [6, 6.07) is -0.855. The maximum Gasteiger partial charge on any atom is 0.326 e. The van der Waals surface area contributed by atoms with Crippen molar-refractivity contribution in [1.29, 1.82) is 0 Å². The highest BCUT2D eigenvalue weighted by molar-refractivity contribution is 5.82. The minimum Gasteiger partial charge on any atom is -0.480 e. The maximum atomic E-state index is 12.3. The molecular formula is C17H28N2O3. The molecule has 0 aliphatic heterocycles. The van der Waals surface area contributed by atoms with Crippen LogP contribution in [0.1, 0.15) is 52.4 Å². The van der Waals surface area contributed by atoms with Crippen molar-refractivity contribution in [2.75, 3.05) is 0 Å². The maximum absolute atomic E-state index is 12.3. The summed E-state index contributed by atoms with van der Waals surface area (Å²) in [7, 11) is 0. The van der Waals surface area contributed by atoms with Crippen molar-refractivity contribution < 1.29 is 14.7 Å². The van der Waals surface area contributed by atoms with Crippen molar-refractivity contribution >= 4 is 12.0 Å². The number of hydrogen-bond donors (Lipinski definition) is 3. The van der Waals surface area contributed by atoms with Crippen LogP contribution >= 0.6 is 0 Å². The molecule has 5 heteroatoms. The Morgan fingerprint density at radius 1 is 1.09 bits per heavy atom. The van der Waals surface area contributed by atoms with Crippen molar-refractivity contribution in [3.8, 4) is 0 Å². The predicted molar refractivity (Wildman–Crippen MR) is 83.4 cm³/mol. The smallest absolute Gasteiger partial charge is 0.326 e. The van der Waals surface area contributed by atoms with E-state index in [0.29, 0.717) is 11.8 Å². The summed E-state index contributed by atoms with van der Waals surface area (Å²) < 4.78 is 0. The Labute approximate surface area is 132 Å². The van der Waals surface area contributed by atoms with Gasteiger partial charge in [-0.15, -0.1) is 0 Å². The average Bonchev–Trinajstić information content (AvgIpc) is 2.46. The molecule has 0 aromatic rings. The quantitative estimate of drug-likeness (QED) is 0.730. The first-order chi connectivity index (χ1) is 10.5. The second kappa shape index (κ2) is 6.09. The second-order valence-corrected chi connectivity index (χ2v) is 7.78. The predicted octanol–water partition coefficient (Wildman–Crippen LogP) is 2.61. The Bertz CT molecular complexity index is 423. The molecule has 2 atom stereocenters. The van der Waals surface area contributed by atoms with E-state index in [4.69, 9.17) is 0 Å². The molecule has 4 saturated carbocycles. The number of carbonyl (C=O) groups is 2. The van der Waals surface area contributed by atoms with Gasteiger partial charge >= 0.3 is 12.0 Å². The molecule has 4 aliphatic rings. The Kier molecular flexibility index (Phi) is 4.33. The molecule has 0 aromatic heterocycles. The number of nitrogens with one attached hydrogen (secondary N) is 2. The molecule has 2 amide bonds. The number of aliphatic carboxylic acids is 1. The van der Waals surface area contributed by atoms with Crippen LogP contribution in [0.15, 0.2) is 0 Å². The van der Waals surface area contributed by atoms with Gasteiger partial charge in [0.15, 0.2) is 0 Å². The molecule has 0 heterocycles. The van der Waals surface area contributed by atoms with Crippen LogP contribution < -0.4 is 10.6 Å². The van der Waals surface area contributed by atoms with E-state index >= 15 is 0 Å². The fraction of sp³-hybridized carbons (Fsp3) is 0.882. The molecule has 5 nitrogen and oxygen atoms in total. The van der Waals surface area contributed by atoms with Gasteiger partial charge in [0.25, 0.3) is 0 Å². The number of carboxylic acids is 1. The van der Waals surface area contributed by atoms with Gasteiger partial charge in [-0.2, -0.15) is 0 Å². The number of carboxylic acid groups (broad SMARTS) is 1. The summed E-state index contributed by atoms with van der Waals surface area (Å²) in [5.74, 6) is 1.94. The summed E-state index contributed by atoms with van der Waals surface area (Å²) >= 11 is 0. The van der Waals surface area contributed by atoms with Crippen molar-refractivity contribution in [3.05, 3.63) is 0 Å². The van der Waals surface area contributed by atoms with Crippen LogP contribution in [-0.2, 0) is 4.79 Å². The van der Waals surface area contributed by atoms with E-state index < -0.39 is 12.0 Å². The molecular weight excluding hydrogens is 280 g/mol. The summed E-state index contributed by atoms with van der Waals surface area (Å²) in [6.07, 6.45) is 7.09. The third-order valence-corrected chi connectivity index (χ3v) is 6.29. The van der Waals surface area contributed by atoms with Gasteiger partial charge in [0.05, 0.1) is 0 Å². The molecule has 22 heavy (non-hydrogen) atoms. The normalized spacial score (nSPS) is 38.4. The van der Waals surface area contributed by atoms with Gasteiger partial charge in [-0.3, -0.25) is 0 Å². The summed E-state index contributed by atoms with van der Waals surface area (Å²) in [4.78, 5) is 23.6. The van der Waals surface area contributed by atoms with Crippen LogP contribution in [0.2, 0.25) is 0 Å². The summed E-state index contributed by atoms with van der Waals surface area (Å²) in [6.45, 7) is 3.81. The average molecular weight is 308 g/mol. The molecule has 0 radical (unpaired) electrons. The Balaban J connectivity index is 1.58. The van der Waals surface area contributed by atoms with Crippen LogP contribution in [0.4, 0.5) is 4.79 Å². The van der Waals surface area contributed by atoms with Gasteiger partial charge in [0.2, 0.25) is 0 Å². The van der Waals surface area contributed by atoms with E-state index in [1.165, 1.54) is 32.1 Å². The zero-order valence-corrected chi connectivity index (χ0v) is 13.5. The monoisotopic (exact) mass is 308 g/mol. The first kappa shape index (κ1) is 15.6. The lowest BCUT2D eigenvalue weighted by atomic mass is 9.54. The number of rotatable bonds is 5. The van der Waals surface area contributed by atoms with Gasteiger partial charge in [0.1, 0.15) is 6.04 Å². The minimum absolute atomic E-state index is 0.0678. The van der Waals surface area contributed by atoms with Crippen LogP contribution in [0.25, 0.3) is 0 Å². The van der Waals surface area contributed by atoms with Crippen LogP contribution in [-0.4, -0.2) is 29.2 Å². The van der Waals surface area contributed by atoms with E-state index in [9.17, 15) is 14.7 Å². The molecule has 0 saturated heterocycles. The third kappa shape index (κ3) is 2.95. The van der Waals surface area contributed by atoms with Crippen LogP contribution in [0.5, 0.6) is 0 Å². The molecule has 4 bridgehead atoms. The van der Waals surface area contributed by atoms with E-state index in [1.54, 1.807) is 0 Å².